The second kappa shape index (κ2) is 5.24. The van der Waals surface area contributed by atoms with Crippen LogP contribution in [0.3, 0.4) is 0 Å². The van der Waals surface area contributed by atoms with Crippen molar-refractivity contribution in [3.63, 3.8) is 0 Å². The molecule has 1 atom stereocenters. The summed E-state index contributed by atoms with van der Waals surface area (Å²) in [5, 5.41) is 7.67. The Morgan fingerprint density at radius 3 is 2.71 bits per heavy atom. The number of benzene rings is 1. The van der Waals surface area contributed by atoms with Gasteiger partial charge in [-0.3, -0.25) is 4.68 Å². The van der Waals surface area contributed by atoms with E-state index in [-0.39, 0.29) is 6.04 Å². The standard InChI is InChI=1S/C16H20N4O/c1-10(2)16-19-14-7-13(5-6-15(14)21-16)18-11(3)12-8-17-20(4)9-12/h5-11,18H,1-4H3. The summed E-state index contributed by atoms with van der Waals surface area (Å²) in [7, 11) is 1.92. The first-order valence-electron chi connectivity index (χ1n) is 7.18. The van der Waals surface area contributed by atoms with Gasteiger partial charge in [0.05, 0.1) is 12.2 Å². The van der Waals surface area contributed by atoms with Crippen molar-refractivity contribution < 1.29 is 4.42 Å². The molecule has 110 valence electrons. The van der Waals surface area contributed by atoms with E-state index in [0.29, 0.717) is 5.92 Å². The molecule has 5 nitrogen and oxygen atoms in total. The fourth-order valence-corrected chi connectivity index (χ4v) is 2.28. The monoisotopic (exact) mass is 284 g/mol. The predicted octanol–water partition coefficient (Wildman–Crippen LogP) is 3.86. The first-order chi connectivity index (χ1) is 10.0. The molecule has 3 aromatic rings. The largest absolute Gasteiger partial charge is 0.440 e. The molecule has 0 aliphatic heterocycles. The quantitative estimate of drug-likeness (QED) is 0.790. The molecule has 3 rings (SSSR count). The fraction of sp³-hybridized carbons (Fsp3) is 0.375. The van der Waals surface area contributed by atoms with Crippen LogP contribution in [0.5, 0.6) is 0 Å². The molecule has 0 spiro atoms. The highest BCUT2D eigenvalue weighted by Gasteiger charge is 2.11. The van der Waals surface area contributed by atoms with Crippen molar-refractivity contribution in [2.45, 2.75) is 32.7 Å². The predicted molar refractivity (Wildman–Crippen MR) is 83.3 cm³/mol. The van der Waals surface area contributed by atoms with Crippen molar-refractivity contribution in [1.29, 1.82) is 0 Å². The number of aryl methyl sites for hydroxylation is 1. The molecule has 0 saturated heterocycles. The first-order valence-corrected chi connectivity index (χ1v) is 7.18. The van der Waals surface area contributed by atoms with E-state index in [1.165, 1.54) is 0 Å². The van der Waals surface area contributed by atoms with Gasteiger partial charge in [-0.2, -0.15) is 5.10 Å². The minimum Gasteiger partial charge on any atom is -0.440 e. The van der Waals surface area contributed by atoms with Gasteiger partial charge in [-0.1, -0.05) is 13.8 Å². The number of nitrogens with one attached hydrogen (secondary N) is 1. The lowest BCUT2D eigenvalue weighted by molar-refractivity contribution is 0.501. The van der Waals surface area contributed by atoms with E-state index in [9.17, 15) is 0 Å². The summed E-state index contributed by atoms with van der Waals surface area (Å²) in [6.45, 7) is 6.27. The summed E-state index contributed by atoms with van der Waals surface area (Å²) in [6.07, 6.45) is 3.90. The summed E-state index contributed by atoms with van der Waals surface area (Å²) >= 11 is 0. The van der Waals surface area contributed by atoms with Gasteiger partial charge in [-0.25, -0.2) is 4.98 Å². The maximum Gasteiger partial charge on any atom is 0.198 e. The van der Waals surface area contributed by atoms with Gasteiger partial charge in [0.2, 0.25) is 0 Å². The zero-order valence-electron chi connectivity index (χ0n) is 12.8. The van der Waals surface area contributed by atoms with Gasteiger partial charge in [0.15, 0.2) is 11.5 Å². The van der Waals surface area contributed by atoms with E-state index in [2.05, 4.69) is 36.2 Å². The number of aromatic nitrogens is 3. The van der Waals surface area contributed by atoms with Crippen molar-refractivity contribution in [2.24, 2.45) is 7.05 Å². The van der Waals surface area contributed by atoms with Crippen LogP contribution in [0.25, 0.3) is 11.1 Å². The average molecular weight is 284 g/mol. The number of anilines is 1. The summed E-state index contributed by atoms with van der Waals surface area (Å²) < 4.78 is 7.53. The van der Waals surface area contributed by atoms with Crippen LogP contribution in [0.4, 0.5) is 5.69 Å². The maximum atomic E-state index is 5.73. The molecule has 1 aromatic carbocycles. The molecule has 1 N–H and O–H groups in total. The Bertz CT molecular complexity index is 757. The highest BCUT2D eigenvalue weighted by atomic mass is 16.3. The lowest BCUT2D eigenvalue weighted by Gasteiger charge is -2.13. The lowest BCUT2D eigenvalue weighted by Crippen LogP contribution is -2.05. The van der Waals surface area contributed by atoms with Crippen molar-refractivity contribution in [3.8, 4) is 0 Å². The number of rotatable bonds is 4. The second-order valence-corrected chi connectivity index (χ2v) is 5.70. The minimum atomic E-state index is 0.188. The number of oxazole rings is 1. The second-order valence-electron chi connectivity index (χ2n) is 5.70. The Balaban J connectivity index is 1.83. The van der Waals surface area contributed by atoms with E-state index >= 15 is 0 Å². The summed E-state index contributed by atoms with van der Waals surface area (Å²) in [5.41, 5.74) is 3.91. The Morgan fingerprint density at radius 1 is 1.24 bits per heavy atom. The molecule has 2 heterocycles. The normalized spacial score (nSPS) is 13.0. The lowest BCUT2D eigenvalue weighted by atomic mass is 10.2. The molecule has 0 amide bonds. The Morgan fingerprint density at radius 2 is 2.05 bits per heavy atom. The molecule has 0 saturated carbocycles. The summed E-state index contributed by atoms with van der Waals surface area (Å²) in [4.78, 5) is 4.53. The topological polar surface area (TPSA) is 55.9 Å². The van der Waals surface area contributed by atoms with Gasteiger partial charge in [-0.05, 0) is 25.1 Å². The van der Waals surface area contributed by atoms with Crippen molar-refractivity contribution in [2.75, 3.05) is 5.32 Å². The maximum absolute atomic E-state index is 5.73. The summed E-state index contributed by atoms with van der Waals surface area (Å²) in [6, 6.07) is 6.20. The number of hydrogen-bond acceptors (Lipinski definition) is 4. The molecule has 0 aliphatic rings. The number of fused-ring (bicyclic) bond motifs is 1. The molecule has 0 radical (unpaired) electrons. The van der Waals surface area contributed by atoms with E-state index in [1.807, 2.05) is 42.3 Å². The highest BCUT2D eigenvalue weighted by Crippen LogP contribution is 2.25. The third-order valence-corrected chi connectivity index (χ3v) is 3.51. The van der Waals surface area contributed by atoms with Crippen LogP contribution >= 0.6 is 0 Å². The summed E-state index contributed by atoms with van der Waals surface area (Å²) in [5.74, 6) is 1.07. The van der Waals surface area contributed by atoms with Crippen LogP contribution < -0.4 is 5.32 Å². The molecule has 0 aliphatic carbocycles. The van der Waals surface area contributed by atoms with Crippen LogP contribution in [0.1, 0.15) is 44.2 Å². The Kier molecular flexibility index (Phi) is 3.41. The molecular weight excluding hydrogens is 264 g/mol. The van der Waals surface area contributed by atoms with Crippen LogP contribution in [0, 0.1) is 0 Å². The van der Waals surface area contributed by atoms with Gasteiger partial charge < -0.3 is 9.73 Å². The van der Waals surface area contributed by atoms with Gasteiger partial charge in [-0.15, -0.1) is 0 Å². The molecule has 0 bridgehead atoms. The average Bonchev–Trinajstić information content (AvgIpc) is 3.04. The first kappa shape index (κ1) is 13.7. The third-order valence-electron chi connectivity index (χ3n) is 3.51. The van der Waals surface area contributed by atoms with E-state index in [1.54, 1.807) is 0 Å². The molecule has 1 unspecified atom stereocenters. The van der Waals surface area contributed by atoms with Crippen molar-refractivity contribution in [3.05, 3.63) is 42.0 Å². The zero-order chi connectivity index (χ0) is 15.0. The van der Waals surface area contributed by atoms with E-state index in [0.717, 1.165) is 28.2 Å². The fourth-order valence-electron chi connectivity index (χ4n) is 2.28. The van der Waals surface area contributed by atoms with Crippen LogP contribution in [0.2, 0.25) is 0 Å². The molecule has 21 heavy (non-hydrogen) atoms. The molecule has 0 fully saturated rings. The van der Waals surface area contributed by atoms with Crippen molar-refractivity contribution >= 4 is 16.8 Å². The van der Waals surface area contributed by atoms with Crippen LogP contribution in [-0.4, -0.2) is 14.8 Å². The Labute approximate surface area is 124 Å². The minimum absolute atomic E-state index is 0.188. The van der Waals surface area contributed by atoms with E-state index in [4.69, 9.17) is 4.42 Å². The SMILES string of the molecule is CC(C)c1nc2cc(NC(C)c3cnn(C)c3)ccc2o1. The zero-order valence-corrected chi connectivity index (χ0v) is 12.8. The van der Waals surface area contributed by atoms with Gasteiger partial charge in [0.1, 0.15) is 5.52 Å². The number of hydrogen-bond donors (Lipinski definition) is 1. The molecule has 2 aromatic heterocycles. The smallest absolute Gasteiger partial charge is 0.198 e. The van der Waals surface area contributed by atoms with Crippen molar-refractivity contribution in [1.82, 2.24) is 14.8 Å². The van der Waals surface area contributed by atoms with Crippen LogP contribution in [-0.2, 0) is 7.05 Å². The van der Waals surface area contributed by atoms with E-state index < -0.39 is 0 Å². The molecule has 5 heteroatoms. The van der Waals surface area contributed by atoms with Crippen LogP contribution in [0.15, 0.2) is 35.0 Å². The third kappa shape index (κ3) is 2.77. The molecular formula is C16H20N4O. The van der Waals surface area contributed by atoms with Gasteiger partial charge in [0, 0.05) is 30.4 Å². The van der Waals surface area contributed by atoms with Gasteiger partial charge in [0.25, 0.3) is 0 Å². The van der Waals surface area contributed by atoms with Gasteiger partial charge >= 0.3 is 0 Å². The highest BCUT2D eigenvalue weighted by molar-refractivity contribution is 5.77. The number of nitrogens with zero attached hydrogens (tertiary/aromatic N) is 3. The Hall–Kier alpha value is -2.30.